The summed E-state index contributed by atoms with van der Waals surface area (Å²) in [7, 11) is 0. The number of hydrogen-bond donors (Lipinski definition) is 1. The Labute approximate surface area is 124 Å². The van der Waals surface area contributed by atoms with E-state index >= 15 is 0 Å². The summed E-state index contributed by atoms with van der Waals surface area (Å²) in [6.45, 7) is 2.97. The fraction of sp³-hybridized carbons (Fsp3) is 0.625. The highest BCUT2D eigenvalue weighted by atomic mass is 79.9. The summed E-state index contributed by atoms with van der Waals surface area (Å²) >= 11 is 3.54. The predicted molar refractivity (Wildman–Crippen MR) is 81.2 cm³/mol. The Hall–Kier alpha value is -0.380. The maximum atomic E-state index is 6.25. The molecule has 0 radical (unpaired) electrons. The van der Waals surface area contributed by atoms with Gasteiger partial charge in [-0.1, -0.05) is 47.3 Å². The van der Waals surface area contributed by atoms with E-state index in [2.05, 4.69) is 45.5 Å². The van der Waals surface area contributed by atoms with E-state index in [0.29, 0.717) is 5.41 Å². The third-order valence-corrected chi connectivity index (χ3v) is 5.05. The Morgan fingerprint density at radius 1 is 1.21 bits per heavy atom. The Kier molecular flexibility index (Phi) is 4.25. The Bertz CT molecular complexity index is 429. The average Bonchev–Trinajstić information content (AvgIpc) is 2.63. The first kappa shape index (κ1) is 13.6. The monoisotopic (exact) mass is 323 g/mol. The van der Waals surface area contributed by atoms with Crippen LogP contribution in [0.25, 0.3) is 0 Å². The van der Waals surface area contributed by atoms with Crippen molar-refractivity contribution in [3.8, 4) is 0 Å². The van der Waals surface area contributed by atoms with Gasteiger partial charge in [-0.3, -0.25) is 0 Å². The molecule has 1 N–H and O–H groups in total. The van der Waals surface area contributed by atoms with E-state index in [0.717, 1.165) is 24.2 Å². The molecule has 1 aliphatic carbocycles. The van der Waals surface area contributed by atoms with Crippen molar-refractivity contribution >= 4 is 15.9 Å². The summed E-state index contributed by atoms with van der Waals surface area (Å²) in [4.78, 5) is 0. The van der Waals surface area contributed by atoms with Gasteiger partial charge < -0.3 is 10.1 Å². The lowest BCUT2D eigenvalue weighted by molar-refractivity contribution is -0.00142. The molecule has 104 valence electrons. The van der Waals surface area contributed by atoms with Gasteiger partial charge in [0, 0.05) is 23.0 Å². The smallest absolute Gasteiger partial charge is 0.0949 e. The lowest BCUT2D eigenvalue weighted by Crippen LogP contribution is -2.37. The van der Waals surface area contributed by atoms with Crippen LogP contribution in [0.1, 0.15) is 43.8 Å². The molecule has 1 aromatic carbocycles. The van der Waals surface area contributed by atoms with Crippen LogP contribution in [-0.4, -0.2) is 19.7 Å². The third-order valence-electron chi connectivity index (χ3n) is 4.56. The molecular weight excluding hydrogens is 302 g/mol. The summed E-state index contributed by atoms with van der Waals surface area (Å²) < 4.78 is 7.38. The average molecular weight is 324 g/mol. The van der Waals surface area contributed by atoms with E-state index in [9.17, 15) is 0 Å². The molecule has 1 aliphatic heterocycles. The van der Waals surface area contributed by atoms with Crippen LogP contribution in [0.5, 0.6) is 0 Å². The molecule has 1 spiro atoms. The highest BCUT2D eigenvalue weighted by molar-refractivity contribution is 9.10. The highest BCUT2D eigenvalue weighted by Crippen LogP contribution is 2.38. The number of nitrogens with one attached hydrogen (secondary N) is 1. The van der Waals surface area contributed by atoms with Gasteiger partial charge in [0.15, 0.2) is 0 Å². The highest BCUT2D eigenvalue weighted by Gasteiger charge is 2.35. The van der Waals surface area contributed by atoms with Gasteiger partial charge in [0.05, 0.1) is 12.7 Å². The minimum absolute atomic E-state index is 0.193. The molecule has 2 nitrogen and oxygen atoms in total. The molecule has 1 saturated heterocycles. The number of hydrogen-bond acceptors (Lipinski definition) is 2. The zero-order valence-electron chi connectivity index (χ0n) is 11.3. The van der Waals surface area contributed by atoms with Crippen molar-refractivity contribution in [2.75, 3.05) is 19.7 Å². The van der Waals surface area contributed by atoms with Crippen LogP contribution in [0.15, 0.2) is 28.7 Å². The summed E-state index contributed by atoms with van der Waals surface area (Å²) in [6, 6.07) is 8.49. The third kappa shape index (κ3) is 3.21. The topological polar surface area (TPSA) is 21.3 Å². The van der Waals surface area contributed by atoms with E-state index < -0.39 is 0 Å². The number of halogens is 1. The lowest BCUT2D eigenvalue weighted by Gasteiger charge is -2.35. The van der Waals surface area contributed by atoms with Crippen molar-refractivity contribution in [2.45, 2.75) is 38.2 Å². The van der Waals surface area contributed by atoms with Crippen molar-refractivity contribution in [1.82, 2.24) is 5.32 Å². The molecule has 0 amide bonds. The van der Waals surface area contributed by atoms with E-state index in [4.69, 9.17) is 4.74 Å². The zero-order chi connectivity index (χ0) is 13.1. The van der Waals surface area contributed by atoms with E-state index in [1.165, 1.54) is 37.7 Å². The van der Waals surface area contributed by atoms with Crippen LogP contribution in [0.3, 0.4) is 0 Å². The summed E-state index contributed by atoms with van der Waals surface area (Å²) in [5.74, 6) is 0. The summed E-state index contributed by atoms with van der Waals surface area (Å²) in [5.41, 5.74) is 1.67. The van der Waals surface area contributed by atoms with Gasteiger partial charge >= 0.3 is 0 Å². The SMILES string of the molecule is Brc1cccc(C2CNCC3(CCCCC3)CO2)c1. The molecule has 2 aliphatic rings. The largest absolute Gasteiger partial charge is 0.372 e. The standard InChI is InChI=1S/C16H22BrNO/c17-14-6-4-5-13(9-14)15-10-18-11-16(12-19-15)7-2-1-3-8-16/h4-6,9,15,18H,1-3,7-8,10-12H2. The summed E-state index contributed by atoms with van der Waals surface area (Å²) in [6.07, 6.45) is 6.98. The molecule has 1 unspecified atom stereocenters. The van der Waals surface area contributed by atoms with Gasteiger partial charge in [0.25, 0.3) is 0 Å². The molecule has 3 rings (SSSR count). The summed E-state index contributed by atoms with van der Waals surface area (Å²) in [5, 5.41) is 3.64. The van der Waals surface area contributed by atoms with Gasteiger partial charge in [0.1, 0.15) is 0 Å². The second kappa shape index (κ2) is 5.94. The molecule has 1 heterocycles. The lowest BCUT2D eigenvalue weighted by atomic mass is 9.74. The van der Waals surface area contributed by atoms with Gasteiger partial charge in [-0.2, -0.15) is 0 Å². The molecule has 3 heteroatoms. The molecule has 2 fully saturated rings. The van der Waals surface area contributed by atoms with Crippen molar-refractivity contribution in [1.29, 1.82) is 0 Å². The zero-order valence-corrected chi connectivity index (χ0v) is 12.9. The fourth-order valence-corrected chi connectivity index (χ4v) is 3.82. The van der Waals surface area contributed by atoms with Crippen molar-refractivity contribution < 1.29 is 4.74 Å². The van der Waals surface area contributed by atoms with Crippen LogP contribution in [0.4, 0.5) is 0 Å². The minimum atomic E-state index is 0.193. The first-order chi connectivity index (χ1) is 9.27. The molecule has 1 aromatic rings. The molecule has 0 bridgehead atoms. The Morgan fingerprint density at radius 2 is 2.05 bits per heavy atom. The van der Waals surface area contributed by atoms with Crippen molar-refractivity contribution in [2.24, 2.45) is 5.41 Å². The van der Waals surface area contributed by atoms with Gasteiger partial charge in [-0.05, 0) is 30.5 Å². The fourth-order valence-electron chi connectivity index (χ4n) is 3.40. The number of ether oxygens (including phenoxy) is 1. The predicted octanol–water partition coefficient (Wildman–Crippen LogP) is 4.06. The van der Waals surface area contributed by atoms with Crippen molar-refractivity contribution in [3.63, 3.8) is 0 Å². The second-order valence-corrected chi connectivity index (χ2v) is 6.96. The van der Waals surface area contributed by atoms with Crippen LogP contribution >= 0.6 is 15.9 Å². The number of benzene rings is 1. The van der Waals surface area contributed by atoms with Crippen LogP contribution in [-0.2, 0) is 4.74 Å². The molecule has 1 atom stereocenters. The molecule has 0 aromatic heterocycles. The van der Waals surface area contributed by atoms with Crippen molar-refractivity contribution in [3.05, 3.63) is 34.3 Å². The van der Waals surface area contributed by atoms with E-state index in [1.54, 1.807) is 0 Å². The van der Waals surface area contributed by atoms with Crippen LogP contribution in [0, 0.1) is 5.41 Å². The maximum Gasteiger partial charge on any atom is 0.0949 e. The first-order valence-electron chi connectivity index (χ1n) is 7.35. The second-order valence-electron chi connectivity index (χ2n) is 6.05. The minimum Gasteiger partial charge on any atom is -0.372 e. The van der Waals surface area contributed by atoms with Gasteiger partial charge in [-0.15, -0.1) is 0 Å². The Morgan fingerprint density at radius 3 is 2.84 bits per heavy atom. The molecule has 19 heavy (non-hydrogen) atoms. The van der Waals surface area contributed by atoms with E-state index in [-0.39, 0.29) is 6.10 Å². The maximum absolute atomic E-state index is 6.25. The van der Waals surface area contributed by atoms with Crippen LogP contribution < -0.4 is 5.32 Å². The first-order valence-corrected chi connectivity index (χ1v) is 8.15. The van der Waals surface area contributed by atoms with Crippen LogP contribution in [0.2, 0.25) is 0 Å². The van der Waals surface area contributed by atoms with Gasteiger partial charge in [0.2, 0.25) is 0 Å². The quantitative estimate of drug-likeness (QED) is 0.841. The molecular formula is C16H22BrNO. The number of rotatable bonds is 1. The van der Waals surface area contributed by atoms with E-state index in [1.807, 2.05) is 0 Å². The normalized spacial score (nSPS) is 27.1. The van der Waals surface area contributed by atoms with Gasteiger partial charge in [-0.25, -0.2) is 0 Å². The molecule has 1 saturated carbocycles. The Balaban J connectivity index is 1.70.